The van der Waals surface area contributed by atoms with Crippen LogP contribution in [0.15, 0.2) is 30.5 Å². The van der Waals surface area contributed by atoms with Gasteiger partial charge in [-0.15, -0.1) is 0 Å². The third-order valence-electron chi connectivity index (χ3n) is 3.01. The highest BCUT2D eigenvalue weighted by atomic mass is 35.5. The molecule has 6 nitrogen and oxygen atoms in total. The lowest BCUT2D eigenvalue weighted by molar-refractivity contribution is 0.252. The molecule has 0 spiro atoms. The maximum Gasteiger partial charge on any atom is 0.319 e. The summed E-state index contributed by atoms with van der Waals surface area (Å²) >= 11 is 6.00. The van der Waals surface area contributed by atoms with Crippen LogP contribution in [-0.2, 0) is 13.5 Å². The van der Waals surface area contributed by atoms with Crippen molar-refractivity contribution in [1.82, 2.24) is 15.1 Å². The lowest BCUT2D eigenvalue weighted by Gasteiger charge is -2.12. The number of nitrogens with zero attached hydrogens (tertiary/aromatic N) is 2. The van der Waals surface area contributed by atoms with E-state index in [1.165, 1.54) is 7.11 Å². The zero-order valence-corrected chi connectivity index (χ0v) is 12.6. The van der Waals surface area contributed by atoms with Crippen molar-refractivity contribution in [3.63, 3.8) is 0 Å². The van der Waals surface area contributed by atoms with Crippen molar-refractivity contribution in [2.45, 2.75) is 6.42 Å². The van der Waals surface area contributed by atoms with Gasteiger partial charge in [-0.1, -0.05) is 17.7 Å². The van der Waals surface area contributed by atoms with E-state index < -0.39 is 0 Å². The zero-order chi connectivity index (χ0) is 15.2. The Morgan fingerprint density at radius 1 is 1.43 bits per heavy atom. The first kappa shape index (κ1) is 15.2. The number of anilines is 1. The fourth-order valence-electron chi connectivity index (χ4n) is 1.93. The molecular formula is C14H17ClN4O2. The van der Waals surface area contributed by atoms with Crippen LogP contribution in [0.25, 0.3) is 0 Å². The lowest BCUT2D eigenvalue weighted by Crippen LogP contribution is -2.30. The van der Waals surface area contributed by atoms with Crippen molar-refractivity contribution in [2.75, 3.05) is 19.0 Å². The van der Waals surface area contributed by atoms with Gasteiger partial charge in [-0.2, -0.15) is 5.10 Å². The van der Waals surface area contributed by atoms with E-state index in [2.05, 4.69) is 15.7 Å². The van der Waals surface area contributed by atoms with E-state index in [0.717, 1.165) is 5.69 Å². The molecule has 0 saturated heterocycles. The fourth-order valence-corrected chi connectivity index (χ4v) is 2.18. The van der Waals surface area contributed by atoms with Gasteiger partial charge in [0.1, 0.15) is 0 Å². The van der Waals surface area contributed by atoms with Gasteiger partial charge in [-0.25, -0.2) is 4.79 Å². The topological polar surface area (TPSA) is 68.2 Å². The molecule has 0 bridgehead atoms. The summed E-state index contributed by atoms with van der Waals surface area (Å²) in [6.45, 7) is 0.508. The van der Waals surface area contributed by atoms with Crippen molar-refractivity contribution in [3.8, 4) is 5.75 Å². The van der Waals surface area contributed by atoms with Crippen LogP contribution in [0, 0.1) is 0 Å². The maximum atomic E-state index is 11.9. The van der Waals surface area contributed by atoms with E-state index in [1.54, 1.807) is 29.1 Å². The molecule has 0 fully saturated rings. The van der Waals surface area contributed by atoms with Crippen molar-refractivity contribution in [2.24, 2.45) is 7.05 Å². The molecule has 0 unspecified atom stereocenters. The molecule has 0 aliphatic rings. The fraction of sp³-hybridized carbons (Fsp3) is 0.286. The number of carbonyl (C=O) groups excluding carboxylic acids is 1. The number of ether oxygens (including phenoxy) is 1. The van der Waals surface area contributed by atoms with Crippen LogP contribution in [0.3, 0.4) is 0 Å². The Balaban J connectivity index is 1.88. The average Bonchev–Trinajstić information content (AvgIpc) is 2.85. The number of para-hydroxylation sites is 1. The minimum Gasteiger partial charge on any atom is -0.493 e. The summed E-state index contributed by atoms with van der Waals surface area (Å²) in [6, 6.07) is 6.78. The number of rotatable bonds is 5. The highest BCUT2D eigenvalue weighted by Crippen LogP contribution is 2.32. The highest BCUT2D eigenvalue weighted by molar-refractivity contribution is 6.32. The number of carbonyl (C=O) groups is 1. The van der Waals surface area contributed by atoms with Gasteiger partial charge in [0, 0.05) is 31.9 Å². The number of methoxy groups -OCH3 is 1. The van der Waals surface area contributed by atoms with Gasteiger partial charge in [0.25, 0.3) is 0 Å². The first-order valence-corrected chi connectivity index (χ1v) is 6.84. The summed E-state index contributed by atoms with van der Waals surface area (Å²) in [6.07, 6.45) is 2.43. The van der Waals surface area contributed by atoms with E-state index in [4.69, 9.17) is 16.3 Å². The van der Waals surface area contributed by atoms with Crippen LogP contribution in [0.1, 0.15) is 5.69 Å². The summed E-state index contributed by atoms with van der Waals surface area (Å²) < 4.78 is 6.95. The molecule has 1 heterocycles. The summed E-state index contributed by atoms with van der Waals surface area (Å²) in [7, 11) is 3.37. The second kappa shape index (κ2) is 6.99. The Morgan fingerprint density at radius 3 is 2.90 bits per heavy atom. The Hall–Kier alpha value is -2.21. The number of aryl methyl sites for hydroxylation is 1. The van der Waals surface area contributed by atoms with Crippen LogP contribution >= 0.6 is 11.6 Å². The minimum absolute atomic E-state index is 0.308. The number of hydrogen-bond donors (Lipinski definition) is 2. The van der Waals surface area contributed by atoms with Crippen molar-refractivity contribution in [1.29, 1.82) is 0 Å². The monoisotopic (exact) mass is 308 g/mol. The molecule has 112 valence electrons. The van der Waals surface area contributed by atoms with Gasteiger partial charge in [0.2, 0.25) is 0 Å². The molecule has 1 aromatic heterocycles. The zero-order valence-electron chi connectivity index (χ0n) is 11.9. The van der Waals surface area contributed by atoms with Gasteiger partial charge in [-0.3, -0.25) is 4.68 Å². The van der Waals surface area contributed by atoms with E-state index in [0.29, 0.717) is 29.4 Å². The van der Waals surface area contributed by atoms with Crippen LogP contribution < -0.4 is 15.4 Å². The number of nitrogens with one attached hydrogen (secondary N) is 2. The molecule has 2 amide bonds. The molecule has 0 aliphatic carbocycles. The Kier molecular flexibility index (Phi) is 5.05. The van der Waals surface area contributed by atoms with Crippen LogP contribution in [-0.4, -0.2) is 29.5 Å². The van der Waals surface area contributed by atoms with Crippen molar-refractivity contribution < 1.29 is 9.53 Å². The highest BCUT2D eigenvalue weighted by Gasteiger charge is 2.10. The molecular weight excluding hydrogens is 292 g/mol. The van der Waals surface area contributed by atoms with Gasteiger partial charge in [0.05, 0.1) is 17.8 Å². The summed E-state index contributed by atoms with van der Waals surface area (Å²) in [5, 5.41) is 10.0. The summed E-state index contributed by atoms with van der Waals surface area (Å²) in [5.74, 6) is 0.445. The molecule has 7 heteroatoms. The van der Waals surface area contributed by atoms with Crippen molar-refractivity contribution >= 4 is 23.3 Å². The Labute approximate surface area is 128 Å². The number of amides is 2. The molecule has 0 aliphatic heterocycles. The van der Waals surface area contributed by atoms with Crippen LogP contribution in [0.2, 0.25) is 5.02 Å². The molecule has 0 radical (unpaired) electrons. The normalized spacial score (nSPS) is 10.2. The average molecular weight is 309 g/mol. The summed E-state index contributed by atoms with van der Waals surface area (Å²) in [5.41, 5.74) is 1.58. The molecule has 2 rings (SSSR count). The molecule has 2 aromatic rings. The third kappa shape index (κ3) is 3.88. The van der Waals surface area contributed by atoms with Gasteiger partial charge in [-0.05, 0) is 18.2 Å². The molecule has 0 saturated carbocycles. The molecule has 0 atom stereocenters. The number of benzene rings is 1. The molecule has 21 heavy (non-hydrogen) atoms. The number of hydrogen-bond acceptors (Lipinski definition) is 3. The van der Waals surface area contributed by atoms with E-state index >= 15 is 0 Å². The SMILES string of the molecule is COc1c(Cl)cccc1NC(=O)NCCc1ccnn1C. The number of aromatic nitrogens is 2. The second-order valence-electron chi connectivity index (χ2n) is 4.40. The Morgan fingerprint density at radius 2 is 2.24 bits per heavy atom. The second-order valence-corrected chi connectivity index (χ2v) is 4.80. The number of halogens is 1. The van der Waals surface area contributed by atoms with Gasteiger partial charge in [0.15, 0.2) is 5.75 Å². The molecule has 2 N–H and O–H groups in total. The van der Waals surface area contributed by atoms with Gasteiger partial charge < -0.3 is 15.4 Å². The first-order valence-electron chi connectivity index (χ1n) is 6.46. The predicted octanol–water partition coefficient (Wildman–Crippen LogP) is 2.45. The summed E-state index contributed by atoms with van der Waals surface area (Å²) in [4.78, 5) is 11.9. The van der Waals surface area contributed by atoms with Crippen molar-refractivity contribution in [3.05, 3.63) is 41.2 Å². The Bertz CT molecular complexity index is 627. The first-order chi connectivity index (χ1) is 10.1. The van der Waals surface area contributed by atoms with E-state index in [1.807, 2.05) is 13.1 Å². The van der Waals surface area contributed by atoms with Gasteiger partial charge >= 0.3 is 6.03 Å². The quantitative estimate of drug-likeness (QED) is 0.891. The van der Waals surface area contributed by atoms with E-state index in [-0.39, 0.29) is 6.03 Å². The van der Waals surface area contributed by atoms with Crippen LogP contribution in [0.4, 0.5) is 10.5 Å². The molecule has 1 aromatic carbocycles. The third-order valence-corrected chi connectivity index (χ3v) is 3.31. The van der Waals surface area contributed by atoms with E-state index in [9.17, 15) is 4.79 Å². The largest absolute Gasteiger partial charge is 0.493 e. The maximum absolute atomic E-state index is 11.9. The van der Waals surface area contributed by atoms with Crippen LogP contribution in [0.5, 0.6) is 5.75 Å². The standard InChI is InChI=1S/C14H17ClN4O2/c1-19-10(7-9-17-19)6-8-16-14(20)18-12-5-3-4-11(15)13(12)21-2/h3-5,7,9H,6,8H2,1-2H3,(H2,16,18,20). The smallest absolute Gasteiger partial charge is 0.319 e. The lowest BCUT2D eigenvalue weighted by atomic mass is 10.3. The predicted molar refractivity (Wildman–Crippen MR) is 81.9 cm³/mol. The minimum atomic E-state index is -0.308. The number of urea groups is 1.